The molecule has 5 heteroatoms. The van der Waals surface area contributed by atoms with Crippen LogP contribution in [0.3, 0.4) is 0 Å². The quantitative estimate of drug-likeness (QED) is 0.907. The number of carbonyl (C=O) groups is 1. The third-order valence-electron chi connectivity index (χ3n) is 3.86. The van der Waals surface area contributed by atoms with E-state index in [1.807, 2.05) is 14.0 Å². The molecule has 0 bridgehead atoms. The fourth-order valence-corrected chi connectivity index (χ4v) is 2.72. The largest absolute Gasteiger partial charge is 0.324 e. The Balaban J connectivity index is 1.81. The molecule has 1 aliphatic rings. The van der Waals surface area contributed by atoms with Crippen LogP contribution in [0.15, 0.2) is 47.8 Å². The van der Waals surface area contributed by atoms with Crippen LogP contribution in [0.25, 0.3) is 5.69 Å². The van der Waals surface area contributed by atoms with E-state index >= 15 is 0 Å². The summed E-state index contributed by atoms with van der Waals surface area (Å²) in [6, 6.07) is 10.4. The van der Waals surface area contributed by atoms with Crippen molar-refractivity contribution in [1.82, 2.24) is 15.3 Å². The molecule has 22 heavy (non-hydrogen) atoms. The van der Waals surface area contributed by atoms with Gasteiger partial charge in [-0.3, -0.25) is 4.79 Å². The van der Waals surface area contributed by atoms with E-state index in [4.69, 9.17) is 0 Å². The monoisotopic (exact) mass is 296 g/mol. The molecule has 0 saturated carbocycles. The second-order valence-electron chi connectivity index (χ2n) is 5.64. The van der Waals surface area contributed by atoms with E-state index in [9.17, 15) is 4.79 Å². The second-order valence-corrected chi connectivity index (χ2v) is 5.64. The Morgan fingerprint density at radius 2 is 2.09 bits per heavy atom. The van der Waals surface area contributed by atoms with Gasteiger partial charge < -0.3 is 9.88 Å². The smallest absolute Gasteiger partial charge is 0.240 e. The molecular formula is C17H20N4O. The molecule has 3 rings (SSSR count). The Bertz CT molecular complexity index is 700. The van der Waals surface area contributed by atoms with Crippen LogP contribution >= 0.6 is 0 Å². The molecule has 2 aromatic rings. The maximum absolute atomic E-state index is 11.3. The predicted molar refractivity (Wildman–Crippen MR) is 87.0 cm³/mol. The van der Waals surface area contributed by atoms with Crippen molar-refractivity contribution in [1.29, 1.82) is 0 Å². The van der Waals surface area contributed by atoms with E-state index in [0.29, 0.717) is 6.42 Å². The highest BCUT2D eigenvalue weighted by Crippen LogP contribution is 2.18. The predicted octanol–water partition coefficient (Wildman–Crippen LogP) is 2.06. The Hall–Kier alpha value is -2.40. The highest BCUT2D eigenvalue weighted by molar-refractivity contribution is 6.05. The van der Waals surface area contributed by atoms with Crippen molar-refractivity contribution >= 4 is 11.6 Å². The van der Waals surface area contributed by atoms with Crippen LogP contribution < -0.4 is 10.7 Å². The summed E-state index contributed by atoms with van der Waals surface area (Å²) in [7, 11) is 1.94. The molecule has 2 N–H and O–H groups in total. The molecule has 0 saturated heterocycles. The van der Waals surface area contributed by atoms with Gasteiger partial charge in [0.1, 0.15) is 0 Å². The van der Waals surface area contributed by atoms with Crippen molar-refractivity contribution in [2.45, 2.75) is 19.9 Å². The number of amides is 1. The minimum absolute atomic E-state index is 0.0164. The van der Waals surface area contributed by atoms with Crippen molar-refractivity contribution in [3.63, 3.8) is 0 Å². The highest BCUT2D eigenvalue weighted by Gasteiger charge is 2.21. The zero-order valence-electron chi connectivity index (χ0n) is 12.8. The first-order chi connectivity index (χ1) is 10.7. The van der Waals surface area contributed by atoms with Crippen LogP contribution in [0, 0.1) is 5.92 Å². The van der Waals surface area contributed by atoms with Gasteiger partial charge in [0.05, 0.1) is 5.71 Å². The summed E-state index contributed by atoms with van der Waals surface area (Å²) in [5, 5.41) is 7.34. The molecule has 0 spiro atoms. The average molecular weight is 296 g/mol. The third kappa shape index (κ3) is 2.94. The Labute approximate surface area is 130 Å². The first-order valence-corrected chi connectivity index (χ1v) is 7.46. The zero-order chi connectivity index (χ0) is 15.5. The number of benzene rings is 1. The summed E-state index contributed by atoms with van der Waals surface area (Å²) < 4.78 is 2.10. The molecular weight excluding hydrogens is 276 g/mol. The van der Waals surface area contributed by atoms with Gasteiger partial charge in [0.15, 0.2) is 0 Å². The Morgan fingerprint density at radius 1 is 1.32 bits per heavy atom. The number of hydrogen-bond acceptors (Lipinski definition) is 3. The van der Waals surface area contributed by atoms with E-state index in [1.54, 1.807) is 0 Å². The molecule has 2 heterocycles. The molecule has 1 unspecified atom stereocenters. The van der Waals surface area contributed by atoms with E-state index in [2.05, 4.69) is 63.1 Å². The van der Waals surface area contributed by atoms with Crippen molar-refractivity contribution < 1.29 is 4.79 Å². The number of nitrogens with zero attached hydrogens (tertiary/aromatic N) is 2. The van der Waals surface area contributed by atoms with Gasteiger partial charge in [-0.1, -0.05) is 19.1 Å². The topological polar surface area (TPSA) is 58.4 Å². The molecule has 0 aliphatic carbocycles. The normalized spacial score (nSPS) is 18.0. The molecule has 1 aliphatic heterocycles. The lowest BCUT2D eigenvalue weighted by atomic mass is 9.94. The Morgan fingerprint density at radius 3 is 2.77 bits per heavy atom. The van der Waals surface area contributed by atoms with Crippen LogP contribution in [-0.2, 0) is 11.3 Å². The molecule has 1 atom stereocenters. The van der Waals surface area contributed by atoms with Crippen LogP contribution in [0.5, 0.6) is 0 Å². The average Bonchev–Trinajstić information content (AvgIpc) is 2.97. The van der Waals surface area contributed by atoms with Crippen molar-refractivity contribution in [3.8, 4) is 5.69 Å². The lowest BCUT2D eigenvalue weighted by molar-refractivity contribution is -0.121. The number of aromatic nitrogens is 1. The van der Waals surface area contributed by atoms with Gasteiger partial charge in [-0.2, -0.15) is 5.10 Å². The fourth-order valence-electron chi connectivity index (χ4n) is 2.72. The maximum Gasteiger partial charge on any atom is 0.240 e. The van der Waals surface area contributed by atoms with Crippen molar-refractivity contribution in [2.24, 2.45) is 11.0 Å². The lowest BCUT2D eigenvalue weighted by Gasteiger charge is -2.19. The van der Waals surface area contributed by atoms with Gasteiger partial charge in [0, 0.05) is 37.0 Å². The SMILES string of the molecule is CNCc1ccn(-c2ccc(C3=NNC(=O)CC3C)cc2)c1. The summed E-state index contributed by atoms with van der Waals surface area (Å²) in [5.74, 6) is 0.130. The molecule has 5 nitrogen and oxygen atoms in total. The fraction of sp³-hybridized carbons (Fsp3) is 0.294. The lowest BCUT2D eigenvalue weighted by Crippen LogP contribution is -2.31. The number of hydrazone groups is 1. The second kappa shape index (κ2) is 6.15. The first-order valence-electron chi connectivity index (χ1n) is 7.46. The van der Waals surface area contributed by atoms with E-state index in [1.165, 1.54) is 5.56 Å². The standard InChI is InChI=1S/C17H20N4O/c1-12-9-16(22)19-20-17(12)14-3-5-15(6-4-14)21-8-7-13(11-21)10-18-2/h3-8,11-12,18H,9-10H2,1-2H3,(H,19,22). The zero-order valence-corrected chi connectivity index (χ0v) is 12.8. The summed E-state index contributed by atoms with van der Waals surface area (Å²) in [4.78, 5) is 11.3. The maximum atomic E-state index is 11.3. The Kier molecular flexibility index (Phi) is 4.06. The molecule has 114 valence electrons. The van der Waals surface area contributed by atoms with Crippen LogP contribution in [0.1, 0.15) is 24.5 Å². The molecule has 1 aromatic heterocycles. The van der Waals surface area contributed by atoms with E-state index in [0.717, 1.165) is 23.5 Å². The molecule has 1 aromatic carbocycles. The van der Waals surface area contributed by atoms with Crippen LogP contribution in [0.4, 0.5) is 0 Å². The number of rotatable bonds is 4. The highest BCUT2D eigenvalue weighted by atomic mass is 16.2. The van der Waals surface area contributed by atoms with Crippen LogP contribution in [0.2, 0.25) is 0 Å². The van der Waals surface area contributed by atoms with Gasteiger partial charge in [0.2, 0.25) is 5.91 Å². The van der Waals surface area contributed by atoms with E-state index in [-0.39, 0.29) is 11.8 Å². The minimum Gasteiger partial charge on any atom is -0.324 e. The van der Waals surface area contributed by atoms with Gasteiger partial charge >= 0.3 is 0 Å². The van der Waals surface area contributed by atoms with Gasteiger partial charge in [-0.05, 0) is 36.4 Å². The van der Waals surface area contributed by atoms with Crippen LogP contribution in [-0.4, -0.2) is 23.2 Å². The van der Waals surface area contributed by atoms with Gasteiger partial charge in [-0.25, -0.2) is 5.43 Å². The minimum atomic E-state index is -0.0164. The molecule has 0 fully saturated rings. The summed E-state index contributed by atoms with van der Waals surface area (Å²) >= 11 is 0. The summed E-state index contributed by atoms with van der Waals surface area (Å²) in [6.07, 6.45) is 4.67. The van der Waals surface area contributed by atoms with Crippen molar-refractivity contribution in [2.75, 3.05) is 7.05 Å². The van der Waals surface area contributed by atoms with E-state index < -0.39 is 0 Å². The van der Waals surface area contributed by atoms with Crippen molar-refractivity contribution in [3.05, 3.63) is 53.9 Å². The molecule has 0 radical (unpaired) electrons. The van der Waals surface area contributed by atoms with Gasteiger partial charge in [-0.15, -0.1) is 0 Å². The number of hydrogen-bond donors (Lipinski definition) is 2. The number of carbonyl (C=O) groups excluding carboxylic acids is 1. The number of nitrogens with one attached hydrogen (secondary N) is 2. The summed E-state index contributed by atoms with van der Waals surface area (Å²) in [5.41, 5.74) is 6.92. The van der Waals surface area contributed by atoms with Gasteiger partial charge in [0.25, 0.3) is 0 Å². The molecule has 1 amide bonds. The first kappa shape index (κ1) is 14.5. The summed E-state index contributed by atoms with van der Waals surface area (Å²) in [6.45, 7) is 2.89. The third-order valence-corrected chi connectivity index (χ3v) is 3.86.